The van der Waals surface area contributed by atoms with Gasteiger partial charge in [-0.05, 0) is 23.4 Å². The third-order valence-corrected chi connectivity index (χ3v) is 3.27. The van der Waals surface area contributed by atoms with Gasteiger partial charge in [-0.1, -0.05) is 18.2 Å². The Kier molecular flexibility index (Phi) is 5.19. The third-order valence-electron chi connectivity index (χ3n) is 3.27. The highest BCUT2D eigenvalue weighted by atomic mass is 19.1. The van der Waals surface area contributed by atoms with Crippen molar-refractivity contribution in [3.63, 3.8) is 0 Å². The van der Waals surface area contributed by atoms with Gasteiger partial charge in [0.05, 0.1) is 25.9 Å². The van der Waals surface area contributed by atoms with E-state index in [1.807, 2.05) is 6.07 Å². The number of rotatable bonds is 7. The summed E-state index contributed by atoms with van der Waals surface area (Å²) in [5.41, 5.74) is 1.19. The number of hydrogen-bond acceptors (Lipinski definition) is 6. The molecule has 0 unspecified atom stereocenters. The fraction of sp³-hybridized carbons (Fsp3) is 0.250. The Morgan fingerprint density at radius 2 is 2.08 bits per heavy atom. The van der Waals surface area contributed by atoms with Crippen LogP contribution >= 0.6 is 0 Å². The van der Waals surface area contributed by atoms with Crippen molar-refractivity contribution >= 4 is 0 Å². The van der Waals surface area contributed by atoms with Crippen LogP contribution in [0.3, 0.4) is 0 Å². The minimum absolute atomic E-state index is 0.0398. The van der Waals surface area contributed by atoms with Gasteiger partial charge in [0.1, 0.15) is 5.82 Å². The summed E-state index contributed by atoms with van der Waals surface area (Å²) in [5, 5.41) is 22.0. The molecule has 3 rings (SSSR count). The first-order valence-electron chi connectivity index (χ1n) is 7.40. The van der Waals surface area contributed by atoms with E-state index in [0.717, 1.165) is 5.56 Å². The Morgan fingerprint density at radius 3 is 2.88 bits per heavy atom. The zero-order valence-corrected chi connectivity index (χ0v) is 12.8. The summed E-state index contributed by atoms with van der Waals surface area (Å²) in [5.74, 6) is 0.105. The van der Waals surface area contributed by atoms with E-state index in [1.54, 1.807) is 36.7 Å². The summed E-state index contributed by atoms with van der Waals surface area (Å²) in [6.45, 7) is 0.262. The molecule has 1 aromatic carbocycles. The number of aromatic nitrogens is 5. The lowest BCUT2D eigenvalue weighted by Crippen LogP contribution is -2.23. The predicted octanol–water partition coefficient (Wildman–Crippen LogP) is 1.45. The van der Waals surface area contributed by atoms with Crippen LogP contribution in [-0.4, -0.2) is 43.0 Å². The number of aliphatic hydroxyl groups excluding tert-OH is 1. The van der Waals surface area contributed by atoms with E-state index >= 15 is 0 Å². The van der Waals surface area contributed by atoms with Crippen LogP contribution in [0.1, 0.15) is 5.56 Å². The third kappa shape index (κ3) is 4.18. The fourth-order valence-electron chi connectivity index (χ4n) is 2.09. The van der Waals surface area contributed by atoms with Crippen molar-refractivity contribution < 1.29 is 14.2 Å². The SMILES string of the molecule is O[C@H](COCc1ccccc1F)Cn1nnc(-c2cccnc2)n1. The first-order chi connectivity index (χ1) is 11.7. The normalized spacial score (nSPS) is 12.2. The number of tetrazole rings is 1. The van der Waals surface area contributed by atoms with Crippen molar-refractivity contribution in [3.05, 3.63) is 60.2 Å². The topological polar surface area (TPSA) is 86.0 Å². The number of pyridine rings is 1. The van der Waals surface area contributed by atoms with E-state index < -0.39 is 6.10 Å². The lowest BCUT2D eigenvalue weighted by molar-refractivity contribution is 0.0156. The van der Waals surface area contributed by atoms with Gasteiger partial charge < -0.3 is 9.84 Å². The molecule has 8 heteroatoms. The maximum absolute atomic E-state index is 13.4. The van der Waals surface area contributed by atoms with Gasteiger partial charge in [-0.2, -0.15) is 4.80 Å². The van der Waals surface area contributed by atoms with E-state index in [0.29, 0.717) is 11.4 Å². The summed E-state index contributed by atoms with van der Waals surface area (Å²) in [6, 6.07) is 9.96. The zero-order chi connectivity index (χ0) is 16.8. The van der Waals surface area contributed by atoms with Gasteiger partial charge in [-0.25, -0.2) is 4.39 Å². The molecule has 2 aromatic heterocycles. The van der Waals surface area contributed by atoms with Gasteiger partial charge in [-0.15, -0.1) is 10.2 Å². The monoisotopic (exact) mass is 329 g/mol. The van der Waals surface area contributed by atoms with Crippen molar-refractivity contribution in [1.29, 1.82) is 0 Å². The quantitative estimate of drug-likeness (QED) is 0.706. The standard InChI is InChI=1S/C16H16FN5O2/c17-15-6-2-1-4-13(15)10-24-11-14(23)9-22-20-16(19-21-22)12-5-3-7-18-8-12/h1-8,14,23H,9-11H2/t14-/m0/s1. The Hall–Kier alpha value is -2.71. The van der Waals surface area contributed by atoms with Crippen molar-refractivity contribution in [2.75, 3.05) is 6.61 Å². The van der Waals surface area contributed by atoms with Gasteiger partial charge >= 0.3 is 0 Å². The molecule has 0 amide bonds. The molecule has 0 bridgehead atoms. The smallest absolute Gasteiger partial charge is 0.206 e. The first-order valence-corrected chi connectivity index (χ1v) is 7.40. The van der Waals surface area contributed by atoms with Gasteiger partial charge in [0.25, 0.3) is 0 Å². The molecule has 3 aromatic rings. The van der Waals surface area contributed by atoms with Crippen molar-refractivity contribution in [2.45, 2.75) is 19.3 Å². The molecule has 0 aliphatic carbocycles. The summed E-state index contributed by atoms with van der Waals surface area (Å²) in [6.07, 6.45) is 2.47. The van der Waals surface area contributed by atoms with Crippen molar-refractivity contribution in [3.8, 4) is 11.4 Å². The average Bonchev–Trinajstić information content (AvgIpc) is 3.06. The van der Waals surface area contributed by atoms with Gasteiger partial charge in [0.2, 0.25) is 5.82 Å². The number of nitrogens with zero attached hydrogens (tertiary/aromatic N) is 5. The van der Waals surface area contributed by atoms with Crippen LogP contribution in [-0.2, 0) is 17.9 Å². The zero-order valence-electron chi connectivity index (χ0n) is 12.8. The van der Waals surface area contributed by atoms with E-state index in [1.165, 1.54) is 10.9 Å². The Bertz CT molecular complexity index is 781. The maximum Gasteiger partial charge on any atom is 0.206 e. The molecule has 0 aliphatic rings. The predicted molar refractivity (Wildman–Crippen MR) is 83.1 cm³/mol. The Balaban J connectivity index is 1.50. The molecular formula is C16H16FN5O2. The molecule has 0 radical (unpaired) electrons. The molecule has 7 nitrogen and oxygen atoms in total. The summed E-state index contributed by atoms with van der Waals surface area (Å²) < 4.78 is 18.8. The maximum atomic E-state index is 13.4. The summed E-state index contributed by atoms with van der Waals surface area (Å²) in [7, 11) is 0. The molecule has 0 spiro atoms. The number of aliphatic hydroxyl groups is 1. The number of halogens is 1. The molecule has 1 N–H and O–H groups in total. The molecule has 1 atom stereocenters. The molecule has 0 saturated heterocycles. The van der Waals surface area contributed by atoms with Crippen LogP contribution in [0.15, 0.2) is 48.8 Å². The molecule has 0 saturated carbocycles. The highest BCUT2D eigenvalue weighted by Gasteiger charge is 2.11. The van der Waals surface area contributed by atoms with Crippen LogP contribution in [0.25, 0.3) is 11.4 Å². The minimum Gasteiger partial charge on any atom is -0.389 e. The van der Waals surface area contributed by atoms with Crippen LogP contribution in [0, 0.1) is 5.82 Å². The number of benzene rings is 1. The molecule has 2 heterocycles. The minimum atomic E-state index is -0.826. The van der Waals surface area contributed by atoms with Gasteiger partial charge in [-0.3, -0.25) is 4.98 Å². The van der Waals surface area contributed by atoms with Crippen LogP contribution in [0.2, 0.25) is 0 Å². The lowest BCUT2D eigenvalue weighted by Gasteiger charge is -2.10. The Morgan fingerprint density at radius 1 is 1.21 bits per heavy atom. The largest absolute Gasteiger partial charge is 0.389 e. The van der Waals surface area contributed by atoms with Crippen molar-refractivity contribution in [2.24, 2.45) is 0 Å². The Labute approximate surface area is 137 Å². The second kappa shape index (κ2) is 7.71. The van der Waals surface area contributed by atoms with Gasteiger partial charge in [0.15, 0.2) is 0 Å². The van der Waals surface area contributed by atoms with Crippen LogP contribution < -0.4 is 0 Å². The van der Waals surface area contributed by atoms with E-state index in [9.17, 15) is 9.50 Å². The fourth-order valence-corrected chi connectivity index (χ4v) is 2.09. The second-order valence-corrected chi connectivity index (χ2v) is 5.17. The van der Waals surface area contributed by atoms with E-state index in [2.05, 4.69) is 20.4 Å². The highest BCUT2D eigenvalue weighted by Crippen LogP contribution is 2.11. The summed E-state index contributed by atoms with van der Waals surface area (Å²) >= 11 is 0. The molecule has 24 heavy (non-hydrogen) atoms. The summed E-state index contributed by atoms with van der Waals surface area (Å²) in [4.78, 5) is 5.28. The van der Waals surface area contributed by atoms with E-state index in [4.69, 9.17) is 4.74 Å². The first kappa shape index (κ1) is 16.2. The molecule has 124 valence electrons. The van der Waals surface area contributed by atoms with E-state index in [-0.39, 0.29) is 25.6 Å². The average molecular weight is 329 g/mol. The van der Waals surface area contributed by atoms with Crippen molar-refractivity contribution in [1.82, 2.24) is 25.2 Å². The second-order valence-electron chi connectivity index (χ2n) is 5.17. The number of hydrogen-bond donors (Lipinski definition) is 1. The van der Waals surface area contributed by atoms with Gasteiger partial charge in [0, 0.05) is 23.5 Å². The number of ether oxygens (including phenoxy) is 1. The highest BCUT2D eigenvalue weighted by molar-refractivity contribution is 5.51. The lowest BCUT2D eigenvalue weighted by atomic mass is 10.2. The molecule has 0 aliphatic heterocycles. The van der Waals surface area contributed by atoms with Crippen LogP contribution in [0.5, 0.6) is 0 Å². The molecular weight excluding hydrogens is 313 g/mol. The van der Waals surface area contributed by atoms with Crippen LogP contribution in [0.4, 0.5) is 4.39 Å². The molecule has 0 fully saturated rings.